The smallest absolute Gasteiger partial charge is 0.312 e. The molecule has 40 heavy (non-hydrogen) atoms. The predicted octanol–water partition coefficient (Wildman–Crippen LogP) is 1.40. The lowest BCUT2D eigenvalue weighted by Gasteiger charge is -2.19. The number of guanidine groups is 1. The number of primary amides is 1. The molecule has 12 heteroatoms. The van der Waals surface area contributed by atoms with Gasteiger partial charge in [0.25, 0.3) is 5.91 Å². The van der Waals surface area contributed by atoms with Gasteiger partial charge in [-0.05, 0) is 61.4 Å². The number of imidazole rings is 1. The quantitative estimate of drug-likeness (QED) is 0.113. The van der Waals surface area contributed by atoms with E-state index < -0.39 is 12.1 Å². The first-order valence-corrected chi connectivity index (χ1v) is 13.3. The Hall–Kier alpha value is -4.61. The van der Waals surface area contributed by atoms with Crippen molar-refractivity contribution in [3.05, 3.63) is 64.5 Å². The van der Waals surface area contributed by atoms with Gasteiger partial charge in [0.15, 0.2) is 5.96 Å². The highest BCUT2D eigenvalue weighted by Gasteiger charge is 2.29. The largest absolute Gasteiger partial charge is 0.370 e. The van der Waals surface area contributed by atoms with Gasteiger partial charge >= 0.3 is 6.03 Å². The zero-order chi connectivity index (χ0) is 28.8. The first-order chi connectivity index (χ1) is 19.1. The van der Waals surface area contributed by atoms with Gasteiger partial charge in [0.2, 0.25) is 5.91 Å². The monoisotopic (exact) mass is 547 g/mol. The molecule has 1 atom stereocenters. The number of rotatable bonds is 12. The number of urea groups is 1. The van der Waals surface area contributed by atoms with Crippen LogP contribution in [0, 0.1) is 6.92 Å². The van der Waals surface area contributed by atoms with Gasteiger partial charge in [-0.3, -0.25) is 14.6 Å². The molecule has 1 aromatic heterocycles. The van der Waals surface area contributed by atoms with Crippen molar-refractivity contribution in [2.24, 2.45) is 29.2 Å². The lowest BCUT2D eigenvalue weighted by Crippen LogP contribution is -2.46. The number of fused-ring (bicyclic) bond motifs is 1. The summed E-state index contributed by atoms with van der Waals surface area (Å²) in [7, 11) is 1.98. The SMILES string of the molecule is Cc1cc(C(=O)N[C@H](CCCN=C(N)N)C(=O)NCc2ccc(CNC(N)=O)cc2)cc2c1nc(C1CC1)n2C. The molecule has 2 aromatic carbocycles. The van der Waals surface area contributed by atoms with E-state index >= 15 is 0 Å². The molecule has 212 valence electrons. The summed E-state index contributed by atoms with van der Waals surface area (Å²) >= 11 is 0. The van der Waals surface area contributed by atoms with E-state index in [1.165, 1.54) is 0 Å². The van der Waals surface area contributed by atoms with Crippen molar-refractivity contribution in [1.82, 2.24) is 25.5 Å². The number of amides is 4. The van der Waals surface area contributed by atoms with Crippen molar-refractivity contribution in [2.45, 2.75) is 57.7 Å². The number of nitrogens with one attached hydrogen (secondary N) is 3. The number of nitrogens with zero attached hydrogens (tertiary/aromatic N) is 3. The Balaban J connectivity index is 1.44. The molecule has 0 radical (unpaired) electrons. The molecule has 1 saturated carbocycles. The molecule has 0 saturated heterocycles. The minimum absolute atomic E-state index is 0.0231. The van der Waals surface area contributed by atoms with Crippen LogP contribution in [0.2, 0.25) is 0 Å². The zero-order valence-corrected chi connectivity index (χ0v) is 22.9. The molecule has 1 aliphatic carbocycles. The van der Waals surface area contributed by atoms with Crippen LogP contribution in [0.3, 0.4) is 0 Å². The Morgan fingerprint density at radius 2 is 1.70 bits per heavy atom. The molecule has 3 aromatic rings. The van der Waals surface area contributed by atoms with Gasteiger partial charge in [-0.2, -0.15) is 0 Å². The molecule has 1 aliphatic rings. The standard InChI is InChI=1S/C28H37N9O3/c1-16-12-20(13-22-23(16)36-24(37(22)2)19-9-10-19)25(38)35-21(4-3-11-32-27(29)30)26(39)33-14-17-5-7-18(8-6-17)15-34-28(31)40/h5-8,12-13,19,21H,3-4,9-11,14-15H2,1-2H3,(H,33,39)(H,35,38)(H4,29,30,32)(H3,31,34,40)/t21-/m1/s1. The van der Waals surface area contributed by atoms with Crippen LogP contribution in [-0.2, 0) is 24.9 Å². The molecule has 0 spiro atoms. The van der Waals surface area contributed by atoms with Crippen LogP contribution in [-0.4, -0.2) is 45.9 Å². The highest BCUT2D eigenvalue weighted by atomic mass is 16.2. The fourth-order valence-corrected chi connectivity index (χ4v) is 4.60. The Kier molecular flexibility index (Phi) is 8.87. The molecule has 1 fully saturated rings. The number of aryl methyl sites for hydroxylation is 2. The highest BCUT2D eigenvalue weighted by Crippen LogP contribution is 2.40. The fourth-order valence-electron chi connectivity index (χ4n) is 4.60. The fraction of sp³-hybridized carbons (Fsp3) is 0.393. The maximum Gasteiger partial charge on any atom is 0.312 e. The van der Waals surface area contributed by atoms with E-state index in [-0.39, 0.29) is 24.3 Å². The van der Waals surface area contributed by atoms with Crippen molar-refractivity contribution in [3.63, 3.8) is 0 Å². The summed E-state index contributed by atoms with van der Waals surface area (Å²) in [6.07, 6.45) is 3.13. The van der Waals surface area contributed by atoms with Crippen LogP contribution in [0.4, 0.5) is 4.79 Å². The number of aromatic nitrogens is 2. The van der Waals surface area contributed by atoms with E-state index in [2.05, 4.69) is 25.5 Å². The average molecular weight is 548 g/mol. The van der Waals surface area contributed by atoms with E-state index in [4.69, 9.17) is 22.2 Å². The number of hydrogen-bond donors (Lipinski definition) is 6. The van der Waals surface area contributed by atoms with Gasteiger partial charge in [-0.1, -0.05) is 24.3 Å². The number of aliphatic imine (C=N–C) groups is 1. The van der Waals surface area contributed by atoms with Gasteiger partial charge in [0, 0.05) is 38.2 Å². The summed E-state index contributed by atoms with van der Waals surface area (Å²) in [5.41, 5.74) is 20.9. The van der Waals surface area contributed by atoms with Crippen molar-refractivity contribution < 1.29 is 14.4 Å². The number of carbonyl (C=O) groups excluding carboxylic acids is 3. The molecule has 4 rings (SSSR count). The van der Waals surface area contributed by atoms with Crippen LogP contribution in [0.15, 0.2) is 41.4 Å². The predicted molar refractivity (Wildman–Crippen MR) is 153 cm³/mol. The lowest BCUT2D eigenvalue weighted by atomic mass is 10.1. The normalized spacial score (nSPS) is 13.4. The maximum atomic E-state index is 13.4. The van der Waals surface area contributed by atoms with Gasteiger partial charge < -0.3 is 37.7 Å². The van der Waals surface area contributed by atoms with Crippen LogP contribution in [0.5, 0.6) is 0 Å². The van der Waals surface area contributed by atoms with Gasteiger partial charge in [-0.25, -0.2) is 9.78 Å². The zero-order valence-electron chi connectivity index (χ0n) is 22.9. The minimum Gasteiger partial charge on any atom is -0.370 e. The highest BCUT2D eigenvalue weighted by molar-refractivity contribution is 6.00. The summed E-state index contributed by atoms with van der Waals surface area (Å²) in [6, 6.07) is 9.66. The number of nitrogens with two attached hydrogens (primary N) is 3. The van der Waals surface area contributed by atoms with Crippen molar-refractivity contribution >= 4 is 34.8 Å². The number of hydrogen-bond acceptors (Lipinski definition) is 5. The Morgan fingerprint density at radius 3 is 2.30 bits per heavy atom. The minimum atomic E-state index is -0.787. The second kappa shape index (κ2) is 12.5. The van der Waals surface area contributed by atoms with Crippen LogP contribution in [0.1, 0.15) is 64.5 Å². The third-order valence-electron chi connectivity index (χ3n) is 6.94. The second-order valence-corrected chi connectivity index (χ2v) is 10.2. The molecular weight excluding hydrogens is 510 g/mol. The molecule has 0 aliphatic heterocycles. The third-order valence-corrected chi connectivity index (χ3v) is 6.94. The van der Waals surface area contributed by atoms with Crippen molar-refractivity contribution in [3.8, 4) is 0 Å². The van der Waals surface area contributed by atoms with E-state index in [0.29, 0.717) is 37.4 Å². The van der Waals surface area contributed by atoms with Gasteiger partial charge in [0.1, 0.15) is 11.9 Å². The first-order valence-electron chi connectivity index (χ1n) is 13.3. The van der Waals surface area contributed by atoms with Crippen LogP contribution in [0.25, 0.3) is 11.0 Å². The topological polar surface area (TPSA) is 196 Å². The molecule has 1 heterocycles. The number of benzene rings is 2. The Morgan fingerprint density at radius 1 is 1.05 bits per heavy atom. The summed E-state index contributed by atoms with van der Waals surface area (Å²) in [4.78, 5) is 46.2. The van der Waals surface area contributed by atoms with Crippen molar-refractivity contribution in [2.75, 3.05) is 6.54 Å². The lowest BCUT2D eigenvalue weighted by molar-refractivity contribution is -0.123. The number of carbonyl (C=O) groups is 3. The van der Waals surface area contributed by atoms with Crippen LogP contribution >= 0.6 is 0 Å². The Bertz CT molecular complexity index is 1420. The third kappa shape index (κ3) is 7.28. The first kappa shape index (κ1) is 28.4. The molecule has 9 N–H and O–H groups in total. The van der Waals surface area contributed by atoms with Crippen LogP contribution < -0.4 is 33.2 Å². The molecular formula is C28H37N9O3. The summed E-state index contributed by atoms with van der Waals surface area (Å²) in [5, 5.41) is 8.34. The summed E-state index contributed by atoms with van der Waals surface area (Å²) < 4.78 is 2.06. The van der Waals surface area contributed by atoms with Crippen molar-refractivity contribution in [1.29, 1.82) is 0 Å². The second-order valence-electron chi connectivity index (χ2n) is 10.2. The van der Waals surface area contributed by atoms with E-state index in [9.17, 15) is 14.4 Å². The average Bonchev–Trinajstić information content (AvgIpc) is 3.71. The summed E-state index contributed by atoms with van der Waals surface area (Å²) in [5.74, 6) is 0.851. The van der Waals surface area contributed by atoms with E-state index in [0.717, 1.165) is 46.4 Å². The molecule has 0 unspecified atom stereocenters. The van der Waals surface area contributed by atoms with E-state index in [1.54, 1.807) is 0 Å². The maximum absolute atomic E-state index is 13.4. The molecule has 12 nitrogen and oxygen atoms in total. The van der Waals surface area contributed by atoms with Gasteiger partial charge in [0.05, 0.1) is 11.0 Å². The van der Waals surface area contributed by atoms with Gasteiger partial charge in [-0.15, -0.1) is 0 Å². The Labute approximate surface area is 232 Å². The molecule has 0 bridgehead atoms. The summed E-state index contributed by atoms with van der Waals surface area (Å²) in [6.45, 7) is 2.87. The van der Waals surface area contributed by atoms with E-state index in [1.807, 2.05) is 50.4 Å². The molecule has 4 amide bonds.